The highest BCUT2D eigenvalue weighted by molar-refractivity contribution is 7.92. The van der Waals surface area contributed by atoms with Gasteiger partial charge in [-0.15, -0.1) is 16.4 Å². The Bertz CT molecular complexity index is 1380. The Balaban J connectivity index is 1.74. The zero-order valence-electron chi connectivity index (χ0n) is 16.1. The van der Waals surface area contributed by atoms with Crippen LogP contribution in [-0.4, -0.2) is 30.1 Å². The van der Waals surface area contributed by atoms with Crippen LogP contribution in [0.25, 0.3) is 16.2 Å². The third-order valence-electron chi connectivity index (χ3n) is 4.58. The molecule has 4 aromatic rings. The zero-order chi connectivity index (χ0) is 21.6. The molecule has 2 aromatic heterocycles. The second-order valence-electron chi connectivity index (χ2n) is 6.57. The number of methoxy groups -OCH3 is 1. The van der Waals surface area contributed by atoms with E-state index in [9.17, 15) is 8.42 Å². The van der Waals surface area contributed by atoms with E-state index in [0.29, 0.717) is 26.3 Å². The molecule has 0 aliphatic rings. The van der Waals surface area contributed by atoms with Crippen LogP contribution in [0, 0.1) is 13.8 Å². The van der Waals surface area contributed by atoms with Gasteiger partial charge in [0.1, 0.15) is 10.6 Å². The topological polar surface area (TPSA) is 85.6 Å². The first-order valence-electron chi connectivity index (χ1n) is 8.67. The average Bonchev–Trinajstić information content (AvgIpc) is 3.25. The minimum Gasteiger partial charge on any atom is -0.495 e. The summed E-state index contributed by atoms with van der Waals surface area (Å²) >= 11 is 13.7. The van der Waals surface area contributed by atoms with Crippen LogP contribution in [0.2, 0.25) is 10.0 Å². The third kappa shape index (κ3) is 3.74. The molecule has 0 unspecified atom stereocenters. The Kier molecular flexibility index (Phi) is 5.39. The summed E-state index contributed by atoms with van der Waals surface area (Å²) in [4.78, 5) is 4.80. The van der Waals surface area contributed by atoms with Crippen LogP contribution in [0.4, 0.5) is 5.95 Å². The Labute approximate surface area is 187 Å². The van der Waals surface area contributed by atoms with E-state index in [0.717, 1.165) is 11.1 Å². The second kappa shape index (κ2) is 7.73. The molecule has 30 heavy (non-hydrogen) atoms. The number of thiazole rings is 1. The van der Waals surface area contributed by atoms with E-state index in [1.165, 1.54) is 23.0 Å². The van der Waals surface area contributed by atoms with Gasteiger partial charge in [-0.25, -0.2) is 17.7 Å². The molecule has 0 saturated heterocycles. The molecule has 2 aromatic carbocycles. The third-order valence-corrected chi connectivity index (χ3v) is 7.31. The lowest BCUT2D eigenvalue weighted by atomic mass is 10.1. The number of ether oxygens (including phenoxy) is 1. The Morgan fingerprint density at radius 3 is 2.60 bits per heavy atom. The number of aryl methyl sites for hydroxylation is 2. The molecule has 2 heterocycles. The molecule has 0 atom stereocenters. The van der Waals surface area contributed by atoms with Crippen molar-refractivity contribution >= 4 is 55.5 Å². The first kappa shape index (κ1) is 20.9. The molecule has 0 amide bonds. The summed E-state index contributed by atoms with van der Waals surface area (Å²) < 4.78 is 35.2. The molecule has 0 radical (unpaired) electrons. The lowest BCUT2D eigenvalue weighted by Crippen LogP contribution is -2.15. The van der Waals surface area contributed by atoms with Crippen LogP contribution in [0.3, 0.4) is 0 Å². The van der Waals surface area contributed by atoms with Crippen LogP contribution in [0.1, 0.15) is 11.1 Å². The molecular weight excluding hydrogens is 467 g/mol. The molecule has 0 aliphatic carbocycles. The number of rotatable bonds is 5. The molecule has 156 valence electrons. The maximum Gasteiger partial charge on any atom is 0.267 e. The van der Waals surface area contributed by atoms with Gasteiger partial charge in [-0.1, -0.05) is 23.2 Å². The van der Waals surface area contributed by atoms with E-state index in [-0.39, 0.29) is 16.6 Å². The predicted molar refractivity (Wildman–Crippen MR) is 120 cm³/mol. The quantitative estimate of drug-likeness (QED) is 0.422. The van der Waals surface area contributed by atoms with E-state index in [2.05, 4.69) is 14.8 Å². The molecular formula is C19H16Cl2N4O3S2. The van der Waals surface area contributed by atoms with Crippen LogP contribution in [0.15, 0.2) is 40.6 Å². The summed E-state index contributed by atoms with van der Waals surface area (Å²) in [7, 11) is -2.54. The van der Waals surface area contributed by atoms with Crippen molar-refractivity contribution in [1.29, 1.82) is 0 Å². The number of hydrogen-bond acceptors (Lipinski definition) is 6. The molecule has 11 heteroatoms. The van der Waals surface area contributed by atoms with Crippen LogP contribution in [0.5, 0.6) is 5.75 Å². The largest absolute Gasteiger partial charge is 0.495 e. The fourth-order valence-corrected chi connectivity index (χ4v) is 5.30. The molecule has 7 nitrogen and oxygen atoms in total. The number of sulfonamides is 1. The van der Waals surface area contributed by atoms with Crippen molar-refractivity contribution in [2.45, 2.75) is 18.7 Å². The number of benzene rings is 2. The van der Waals surface area contributed by atoms with Crippen molar-refractivity contribution in [2.24, 2.45) is 0 Å². The van der Waals surface area contributed by atoms with Gasteiger partial charge >= 0.3 is 0 Å². The van der Waals surface area contributed by atoms with Crippen molar-refractivity contribution in [1.82, 2.24) is 14.6 Å². The normalized spacial score (nSPS) is 11.8. The van der Waals surface area contributed by atoms with Gasteiger partial charge in [0.15, 0.2) is 0 Å². The highest BCUT2D eigenvalue weighted by Gasteiger charge is 2.23. The SMILES string of the molecule is COc1cc(C)c(C)cc1S(=O)(=O)Nc1nc2scc(-c3cc(Cl)ccc3Cl)n2n1. The minimum absolute atomic E-state index is 0.0179. The van der Waals surface area contributed by atoms with Crippen LogP contribution < -0.4 is 9.46 Å². The minimum atomic E-state index is -3.97. The molecule has 0 aliphatic heterocycles. The van der Waals surface area contributed by atoms with Crippen molar-refractivity contribution in [3.05, 3.63) is 56.9 Å². The Hall–Kier alpha value is -2.33. The van der Waals surface area contributed by atoms with Gasteiger partial charge in [0.05, 0.1) is 17.8 Å². The van der Waals surface area contributed by atoms with Gasteiger partial charge in [-0.05, 0) is 55.3 Å². The standard InChI is InChI=1S/C19H16Cl2N4O3S2/c1-10-6-16(28-3)17(7-11(10)2)30(26,27)24-18-22-19-25(23-18)15(9-29-19)13-8-12(20)4-5-14(13)21/h4-9H,1-3H3,(H,23,24). The fourth-order valence-electron chi connectivity index (χ4n) is 2.91. The summed E-state index contributed by atoms with van der Waals surface area (Å²) in [5.74, 6) is 0.194. The first-order chi connectivity index (χ1) is 14.2. The molecule has 4 rings (SSSR count). The zero-order valence-corrected chi connectivity index (χ0v) is 19.2. The van der Waals surface area contributed by atoms with Crippen LogP contribution >= 0.6 is 34.5 Å². The van der Waals surface area contributed by atoms with Gasteiger partial charge < -0.3 is 4.74 Å². The van der Waals surface area contributed by atoms with Gasteiger partial charge in [0, 0.05) is 16.0 Å². The van der Waals surface area contributed by atoms with Crippen molar-refractivity contribution in [2.75, 3.05) is 11.8 Å². The molecule has 0 bridgehead atoms. The maximum atomic E-state index is 13.0. The summed E-state index contributed by atoms with van der Waals surface area (Å²) in [5, 5.41) is 7.16. The average molecular weight is 483 g/mol. The molecule has 0 saturated carbocycles. The molecule has 0 spiro atoms. The number of fused-ring (bicyclic) bond motifs is 1. The fraction of sp³-hybridized carbons (Fsp3) is 0.158. The van der Waals surface area contributed by atoms with Crippen molar-refractivity contribution in [3.8, 4) is 17.0 Å². The lowest BCUT2D eigenvalue weighted by molar-refractivity contribution is 0.402. The number of halogens is 2. The predicted octanol–water partition coefficient (Wildman–Crippen LogP) is 5.19. The molecule has 0 fully saturated rings. The number of nitrogens with one attached hydrogen (secondary N) is 1. The number of anilines is 1. The van der Waals surface area contributed by atoms with Gasteiger partial charge in [-0.3, -0.25) is 0 Å². The van der Waals surface area contributed by atoms with E-state index in [1.807, 2.05) is 19.2 Å². The highest BCUT2D eigenvalue weighted by Crippen LogP contribution is 2.34. The van der Waals surface area contributed by atoms with E-state index >= 15 is 0 Å². The maximum absolute atomic E-state index is 13.0. The van der Waals surface area contributed by atoms with Crippen molar-refractivity contribution < 1.29 is 13.2 Å². The van der Waals surface area contributed by atoms with Crippen molar-refractivity contribution in [3.63, 3.8) is 0 Å². The van der Waals surface area contributed by atoms with E-state index in [4.69, 9.17) is 27.9 Å². The summed E-state index contributed by atoms with van der Waals surface area (Å²) in [6.07, 6.45) is 0. The number of aromatic nitrogens is 3. The Morgan fingerprint density at radius 1 is 1.13 bits per heavy atom. The number of nitrogens with zero attached hydrogens (tertiary/aromatic N) is 3. The van der Waals surface area contributed by atoms with Gasteiger partial charge in [0.25, 0.3) is 16.0 Å². The second-order valence-corrected chi connectivity index (χ2v) is 9.90. The molecule has 1 N–H and O–H groups in total. The van der Waals surface area contributed by atoms with Crippen LogP contribution in [-0.2, 0) is 10.0 Å². The summed E-state index contributed by atoms with van der Waals surface area (Å²) in [5.41, 5.74) is 3.08. The lowest BCUT2D eigenvalue weighted by Gasteiger charge is -2.12. The van der Waals surface area contributed by atoms with E-state index in [1.54, 1.807) is 30.3 Å². The Morgan fingerprint density at radius 2 is 1.87 bits per heavy atom. The smallest absolute Gasteiger partial charge is 0.267 e. The monoisotopic (exact) mass is 482 g/mol. The first-order valence-corrected chi connectivity index (χ1v) is 11.8. The van der Waals surface area contributed by atoms with E-state index < -0.39 is 10.0 Å². The summed E-state index contributed by atoms with van der Waals surface area (Å²) in [6, 6.07) is 8.34. The highest BCUT2D eigenvalue weighted by atomic mass is 35.5. The van der Waals surface area contributed by atoms with Gasteiger partial charge in [-0.2, -0.15) is 4.98 Å². The van der Waals surface area contributed by atoms with Gasteiger partial charge in [0.2, 0.25) is 4.96 Å². The summed E-state index contributed by atoms with van der Waals surface area (Å²) in [6.45, 7) is 3.72. The number of hydrogen-bond donors (Lipinski definition) is 1.